The molecule has 3 nitrogen and oxygen atoms in total. The van der Waals surface area contributed by atoms with Gasteiger partial charge in [0.2, 0.25) is 0 Å². The molecule has 0 amide bonds. The predicted octanol–water partition coefficient (Wildman–Crippen LogP) is 0.317. The van der Waals surface area contributed by atoms with Gasteiger partial charge in [-0.3, -0.25) is 4.79 Å². The van der Waals surface area contributed by atoms with Crippen LogP contribution in [0.2, 0.25) is 0 Å². The fourth-order valence-electron chi connectivity index (χ4n) is 2.06. The van der Waals surface area contributed by atoms with Gasteiger partial charge in [0.25, 0.3) is 0 Å². The van der Waals surface area contributed by atoms with Gasteiger partial charge in [0, 0.05) is 0 Å². The number of hydrogen-bond donors (Lipinski definition) is 2. The number of aliphatic carboxylic acids is 1. The highest BCUT2D eigenvalue weighted by Gasteiger charge is 2.48. The van der Waals surface area contributed by atoms with E-state index in [1.54, 1.807) is 0 Å². The molecule has 62 valence electrons. The molecule has 1 saturated heterocycles. The SMILES string of the molecule is O=C(O)[C@H]1C[C@@H]1C1CCNC1. The summed E-state index contributed by atoms with van der Waals surface area (Å²) in [7, 11) is 0. The molecule has 0 aromatic rings. The first-order valence-corrected chi connectivity index (χ1v) is 4.22. The van der Waals surface area contributed by atoms with Crippen molar-refractivity contribution in [3.63, 3.8) is 0 Å². The highest BCUT2D eigenvalue weighted by molar-refractivity contribution is 5.73. The zero-order valence-corrected chi connectivity index (χ0v) is 6.42. The quantitative estimate of drug-likeness (QED) is 0.603. The summed E-state index contributed by atoms with van der Waals surface area (Å²) in [6.07, 6.45) is 2.09. The molecular formula is C8H13NO2. The Kier molecular flexibility index (Phi) is 1.60. The summed E-state index contributed by atoms with van der Waals surface area (Å²) in [6.45, 7) is 2.11. The Morgan fingerprint density at radius 3 is 2.82 bits per heavy atom. The van der Waals surface area contributed by atoms with Gasteiger partial charge in [0.05, 0.1) is 5.92 Å². The van der Waals surface area contributed by atoms with Crippen LogP contribution in [-0.4, -0.2) is 24.2 Å². The largest absolute Gasteiger partial charge is 0.481 e. The molecule has 1 heterocycles. The maximum absolute atomic E-state index is 10.5. The first-order valence-electron chi connectivity index (χ1n) is 4.22. The van der Waals surface area contributed by atoms with Crippen LogP contribution >= 0.6 is 0 Å². The van der Waals surface area contributed by atoms with Crippen molar-refractivity contribution in [3.05, 3.63) is 0 Å². The average Bonchev–Trinajstić information content (AvgIpc) is 2.60. The highest BCUT2D eigenvalue weighted by atomic mass is 16.4. The second kappa shape index (κ2) is 2.48. The van der Waals surface area contributed by atoms with Gasteiger partial charge in [-0.2, -0.15) is 0 Å². The van der Waals surface area contributed by atoms with Gasteiger partial charge in [-0.1, -0.05) is 0 Å². The third-order valence-corrected chi connectivity index (χ3v) is 2.86. The van der Waals surface area contributed by atoms with E-state index in [0.29, 0.717) is 11.8 Å². The molecular weight excluding hydrogens is 142 g/mol. The van der Waals surface area contributed by atoms with E-state index in [2.05, 4.69) is 5.32 Å². The van der Waals surface area contributed by atoms with Crippen LogP contribution in [0.3, 0.4) is 0 Å². The second-order valence-corrected chi connectivity index (χ2v) is 3.60. The van der Waals surface area contributed by atoms with Crippen molar-refractivity contribution in [3.8, 4) is 0 Å². The van der Waals surface area contributed by atoms with Crippen LogP contribution in [0.15, 0.2) is 0 Å². The lowest BCUT2D eigenvalue weighted by Gasteiger charge is -2.04. The predicted molar refractivity (Wildman–Crippen MR) is 40.2 cm³/mol. The summed E-state index contributed by atoms with van der Waals surface area (Å²) in [5.74, 6) is 0.528. The standard InChI is InChI=1S/C8H13NO2/c10-8(11)7-3-6(7)5-1-2-9-4-5/h5-7,9H,1-4H2,(H,10,11)/t5?,6-,7+/m1/s1. The van der Waals surface area contributed by atoms with Gasteiger partial charge in [0.1, 0.15) is 0 Å². The lowest BCUT2D eigenvalue weighted by atomic mass is 10.0. The minimum Gasteiger partial charge on any atom is -0.481 e. The molecule has 0 radical (unpaired) electrons. The summed E-state index contributed by atoms with van der Waals surface area (Å²) >= 11 is 0. The van der Waals surface area contributed by atoms with Gasteiger partial charge in [-0.15, -0.1) is 0 Å². The van der Waals surface area contributed by atoms with Crippen LogP contribution in [0.25, 0.3) is 0 Å². The van der Waals surface area contributed by atoms with E-state index in [1.807, 2.05) is 0 Å². The summed E-state index contributed by atoms with van der Waals surface area (Å²) in [6, 6.07) is 0. The molecule has 0 bridgehead atoms. The van der Waals surface area contributed by atoms with E-state index >= 15 is 0 Å². The molecule has 2 fully saturated rings. The monoisotopic (exact) mass is 155 g/mol. The van der Waals surface area contributed by atoms with Crippen LogP contribution in [0.1, 0.15) is 12.8 Å². The molecule has 1 saturated carbocycles. The van der Waals surface area contributed by atoms with Crippen LogP contribution in [0.4, 0.5) is 0 Å². The van der Waals surface area contributed by atoms with Crippen LogP contribution in [0, 0.1) is 17.8 Å². The molecule has 2 N–H and O–H groups in total. The van der Waals surface area contributed by atoms with E-state index in [1.165, 1.54) is 6.42 Å². The number of carbonyl (C=O) groups is 1. The van der Waals surface area contributed by atoms with Crippen molar-refractivity contribution in [1.29, 1.82) is 0 Å². The molecule has 3 atom stereocenters. The lowest BCUT2D eigenvalue weighted by molar-refractivity contribution is -0.139. The number of hydrogen-bond acceptors (Lipinski definition) is 2. The maximum atomic E-state index is 10.5. The Morgan fingerprint density at radius 2 is 2.36 bits per heavy atom. The summed E-state index contributed by atoms with van der Waals surface area (Å²) in [4.78, 5) is 10.5. The minimum atomic E-state index is -0.595. The van der Waals surface area contributed by atoms with Crippen molar-refractivity contribution in [1.82, 2.24) is 5.32 Å². The molecule has 0 spiro atoms. The Bertz CT molecular complexity index is 175. The molecule has 2 aliphatic rings. The highest BCUT2D eigenvalue weighted by Crippen LogP contribution is 2.46. The Hall–Kier alpha value is -0.570. The van der Waals surface area contributed by atoms with Crippen LogP contribution < -0.4 is 5.32 Å². The molecule has 1 aliphatic carbocycles. The molecule has 1 aliphatic heterocycles. The molecule has 0 aromatic heterocycles. The van der Waals surface area contributed by atoms with Crippen molar-refractivity contribution >= 4 is 5.97 Å². The Balaban J connectivity index is 1.85. The smallest absolute Gasteiger partial charge is 0.306 e. The number of rotatable bonds is 2. The first kappa shape index (κ1) is 7.10. The minimum absolute atomic E-state index is 0.0140. The normalized spacial score (nSPS) is 42.4. The lowest BCUT2D eigenvalue weighted by Crippen LogP contribution is -2.12. The Morgan fingerprint density at radius 1 is 1.55 bits per heavy atom. The van der Waals surface area contributed by atoms with Crippen molar-refractivity contribution in [2.24, 2.45) is 17.8 Å². The summed E-state index contributed by atoms with van der Waals surface area (Å²) in [5.41, 5.74) is 0. The van der Waals surface area contributed by atoms with E-state index in [-0.39, 0.29) is 5.92 Å². The molecule has 3 heteroatoms. The van der Waals surface area contributed by atoms with E-state index in [4.69, 9.17) is 5.11 Å². The fourth-order valence-corrected chi connectivity index (χ4v) is 2.06. The van der Waals surface area contributed by atoms with Crippen LogP contribution in [-0.2, 0) is 4.79 Å². The topological polar surface area (TPSA) is 49.3 Å². The van der Waals surface area contributed by atoms with E-state index in [0.717, 1.165) is 19.5 Å². The zero-order chi connectivity index (χ0) is 7.84. The van der Waals surface area contributed by atoms with E-state index in [9.17, 15) is 4.79 Å². The van der Waals surface area contributed by atoms with Crippen molar-refractivity contribution in [2.75, 3.05) is 13.1 Å². The molecule has 11 heavy (non-hydrogen) atoms. The second-order valence-electron chi connectivity index (χ2n) is 3.60. The van der Waals surface area contributed by atoms with Gasteiger partial charge in [0.15, 0.2) is 0 Å². The van der Waals surface area contributed by atoms with Gasteiger partial charge in [-0.25, -0.2) is 0 Å². The molecule has 1 unspecified atom stereocenters. The number of carboxylic acid groups (broad SMARTS) is 1. The summed E-state index contributed by atoms with van der Waals surface area (Å²) < 4.78 is 0. The third kappa shape index (κ3) is 1.25. The third-order valence-electron chi connectivity index (χ3n) is 2.86. The van der Waals surface area contributed by atoms with Gasteiger partial charge < -0.3 is 10.4 Å². The number of nitrogens with one attached hydrogen (secondary N) is 1. The first-order chi connectivity index (χ1) is 5.29. The zero-order valence-electron chi connectivity index (χ0n) is 6.42. The Labute approximate surface area is 65.8 Å². The number of carboxylic acids is 1. The van der Waals surface area contributed by atoms with Gasteiger partial charge >= 0.3 is 5.97 Å². The fraction of sp³-hybridized carbons (Fsp3) is 0.875. The average molecular weight is 155 g/mol. The van der Waals surface area contributed by atoms with E-state index < -0.39 is 5.97 Å². The summed E-state index contributed by atoms with van der Waals surface area (Å²) in [5, 5.41) is 11.9. The van der Waals surface area contributed by atoms with Gasteiger partial charge in [-0.05, 0) is 37.8 Å². The van der Waals surface area contributed by atoms with Crippen molar-refractivity contribution < 1.29 is 9.90 Å². The molecule has 0 aromatic carbocycles. The molecule has 2 rings (SSSR count). The maximum Gasteiger partial charge on any atom is 0.306 e. The van der Waals surface area contributed by atoms with Crippen LogP contribution in [0.5, 0.6) is 0 Å². The van der Waals surface area contributed by atoms with Crippen molar-refractivity contribution in [2.45, 2.75) is 12.8 Å².